The third-order valence-electron chi connectivity index (χ3n) is 4.59. The van der Waals surface area contributed by atoms with Crippen molar-refractivity contribution >= 4 is 10.8 Å². The summed E-state index contributed by atoms with van der Waals surface area (Å²) in [5.41, 5.74) is 3.48. The fourth-order valence-corrected chi connectivity index (χ4v) is 3.22. The molecule has 2 heteroatoms. The fourth-order valence-electron chi connectivity index (χ4n) is 3.22. The lowest BCUT2D eigenvalue weighted by atomic mass is 9.99. The molecule has 0 aromatic heterocycles. The SMILES string of the molecule is Cc1cccc(C(O)CCN[C@H](C)c2cccc3ccccc23)c1. The zero-order valence-corrected chi connectivity index (χ0v) is 14.4. The quantitative estimate of drug-likeness (QED) is 0.676. The highest BCUT2D eigenvalue weighted by Gasteiger charge is 2.11. The van der Waals surface area contributed by atoms with Gasteiger partial charge >= 0.3 is 0 Å². The predicted molar refractivity (Wildman–Crippen MR) is 101 cm³/mol. The van der Waals surface area contributed by atoms with E-state index < -0.39 is 6.10 Å². The van der Waals surface area contributed by atoms with Gasteiger partial charge < -0.3 is 10.4 Å². The summed E-state index contributed by atoms with van der Waals surface area (Å²) in [6.45, 7) is 5.01. The Kier molecular flexibility index (Phi) is 5.29. The minimum atomic E-state index is -0.419. The molecule has 2 nitrogen and oxygen atoms in total. The van der Waals surface area contributed by atoms with Crippen LogP contribution in [0.5, 0.6) is 0 Å². The summed E-state index contributed by atoms with van der Waals surface area (Å²) in [7, 11) is 0. The Hall–Kier alpha value is -2.16. The smallest absolute Gasteiger partial charge is 0.0802 e. The van der Waals surface area contributed by atoms with Crippen LogP contribution in [0.2, 0.25) is 0 Å². The Labute approximate surface area is 144 Å². The zero-order valence-electron chi connectivity index (χ0n) is 14.4. The highest BCUT2D eigenvalue weighted by atomic mass is 16.3. The van der Waals surface area contributed by atoms with E-state index in [-0.39, 0.29) is 6.04 Å². The lowest BCUT2D eigenvalue weighted by molar-refractivity contribution is 0.165. The molecule has 0 amide bonds. The van der Waals surface area contributed by atoms with Gasteiger partial charge in [-0.05, 0) is 48.7 Å². The molecule has 2 atom stereocenters. The average Bonchev–Trinajstić information content (AvgIpc) is 2.61. The minimum Gasteiger partial charge on any atom is -0.388 e. The largest absolute Gasteiger partial charge is 0.388 e. The Balaban J connectivity index is 1.62. The second-order valence-corrected chi connectivity index (χ2v) is 6.46. The minimum absolute atomic E-state index is 0.251. The first-order valence-electron chi connectivity index (χ1n) is 8.61. The summed E-state index contributed by atoms with van der Waals surface area (Å²) in [5, 5.41) is 16.5. The summed E-state index contributed by atoms with van der Waals surface area (Å²) in [6, 6.07) is 23.3. The molecule has 0 radical (unpaired) electrons. The van der Waals surface area contributed by atoms with Crippen molar-refractivity contribution in [3.05, 3.63) is 83.4 Å². The molecular weight excluding hydrogens is 294 g/mol. The molecule has 124 valence electrons. The first-order chi connectivity index (χ1) is 11.6. The second kappa shape index (κ2) is 7.61. The molecule has 3 aromatic rings. The third-order valence-corrected chi connectivity index (χ3v) is 4.59. The molecule has 0 aliphatic heterocycles. The number of aliphatic hydroxyl groups excluding tert-OH is 1. The standard InChI is InChI=1S/C22H25NO/c1-16-7-5-10-19(15-16)22(24)13-14-23-17(2)20-12-6-9-18-8-3-4-11-21(18)20/h3-12,15,17,22-24H,13-14H2,1-2H3/t17-,22?/m1/s1. The van der Waals surface area contributed by atoms with Crippen LogP contribution in [0.15, 0.2) is 66.7 Å². The Morgan fingerprint density at radius 2 is 1.71 bits per heavy atom. The van der Waals surface area contributed by atoms with E-state index in [1.165, 1.54) is 21.9 Å². The number of aryl methyl sites for hydroxylation is 1. The van der Waals surface area contributed by atoms with Crippen molar-refractivity contribution in [2.45, 2.75) is 32.4 Å². The Bertz CT molecular complexity index is 806. The van der Waals surface area contributed by atoms with Crippen LogP contribution >= 0.6 is 0 Å². The van der Waals surface area contributed by atoms with E-state index in [9.17, 15) is 5.11 Å². The molecule has 0 saturated heterocycles. The Morgan fingerprint density at radius 1 is 0.958 bits per heavy atom. The van der Waals surface area contributed by atoms with Gasteiger partial charge in [0.1, 0.15) is 0 Å². The van der Waals surface area contributed by atoms with E-state index >= 15 is 0 Å². The van der Waals surface area contributed by atoms with Crippen molar-refractivity contribution in [1.29, 1.82) is 0 Å². The zero-order chi connectivity index (χ0) is 16.9. The van der Waals surface area contributed by atoms with Crippen LogP contribution in [0.1, 0.15) is 42.2 Å². The molecule has 0 spiro atoms. The molecule has 0 saturated carbocycles. The topological polar surface area (TPSA) is 32.3 Å². The van der Waals surface area contributed by atoms with Crippen molar-refractivity contribution in [2.24, 2.45) is 0 Å². The van der Waals surface area contributed by atoms with Gasteiger partial charge in [-0.3, -0.25) is 0 Å². The molecule has 0 heterocycles. The van der Waals surface area contributed by atoms with Gasteiger partial charge in [0, 0.05) is 6.04 Å². The summed E-state index contributed by atoms with van der Waals surface area (Å²) in [6.07, 6.45) is 0.288. The highest BCUT2D eigenvalue weighted by molar-refractivity contribution is 5.86. The van der Waals surface area contributed by atoms with Gasteiger partial charge in [0.05, 0.1) is 6.10 Å². The lowest BCUT2D eigenvalue weighted by Crippen LogP contribution is -2.21. The first kappa shape index (κ1) is 16.7. The molecule has 0 aliphatic rings. The molecule has 2 N–H and O–H groups in total. The number of nitrogens with one attached hydrogen (secondary N) is 1. The predicted octanol–water partition coefficient (Wildman–Crippen LogP) is 4.92. The fraction of sp³-hybridized carbons (Fsp3) is 0.273. The maximum Gasteiger partial charge on any atom is 0.0802 e. The van der Waals surface area contributed by atoms with Crippen LogP contribution in [0.4, 0.5) is 0 Å². The molecule has 3 aromatic carbocycles. The van der Waals surface area contributed by atoms with E-state index in [1.807, 2.05) is 12.1 Å². The maximum atomic E-state index is 10.4. The van der Waals surface area contributed by atoms with Crippen LogP contribution in [-0.4, -0.2) is 11.7 Å². The van der Waals surface area contributed by atoms with E-state index in [0.717, 1.165) is 12.1 Å². The molecule has 0 bridgehead atoms. The van der Waals surface area contributed by atoms with Gasteiger partial charge in [0.15, 0.2) is 0 Å². The van der Waals surface area contributed by atoms with Crippen LogP contribution in [0, 0.1) is 6.92 Å². The number of rotatable bonds is 6. The van der Waals surface area contributed by atoms with Crippen molar-refractivity contribution in [3.63, 3.8) is 0 Å². The molecule has 0 aliphatic carbocycles. The number of hydrogen-bond acceptors (Lipinski definition) is 2. The van der Waals surface area contributed by atoms with E-state index in [0.29, 0.717) is 6.42 Å². The van der Waals surface area contributed by atoms with Gasteiger partial charge in [-0.2, -0.15) is 0 Å². The summed E-state index contributed by atoms with van der Waals surface area (Å²) >= 11 is 0. The van der Waals surface area contributed by atoms with Gasteiger partial charge in [-0.1, -0.05) is 72.3 Å². The second-order valence-electron chi connectivity index (χ2n) is 6.46. The number of aliphatic hydroxyl groups is 1. The monoisotopic (exact) mass is 319 g/mol. The highest BCUT2D eigenvalue weighted by Crippen LogP contribution is 2.24. The number of fused-ring (bicyclic) bond motifs is 1. The van der Waals surface area contributed by atoms with E-state index in [4.69, 9.17) is 0 Å². The summed E-state index contributed by atoms with van der Waals surface area (Å²) in [5.74, 6) is 0. The maximum absolute atomic E-state index is 10.4. The summed E-state index contributed by atoms with van der Waals surface area (Å²) in [4.78, 5) is 0. The molecule has 24 heavy (non-hydrogen) atoms. The van der Waals surface area contributed by atoms with E-state index in [2.05, 4.69) is 73.8 Å². The van der Waals surface area contributed by atoms with Crippen molar-refractivity contribution in [1.82, 2.24) is 5.32 Å². The van der Waals surface area contributed by atoms with Crippen molar-refractivity contribution in [3.8, 4) is 0 Å². The molecular formula is C22H25NO. The van der Waals surface area contributed by atoms with Crippen LogP contribution in [0.25, 0.3) is 10.8 Å². The van der Waals surface area contributed by atoms with Gasteiger partial charge in [-0.25, -0.2) is 0 Å². The van der Waals surface area contributed by atoms with Crippen molar-refractivity contribution in [2.75, 3.05) is 6.54 Å². The third kappa shape index (κ3) is 3.84. The van der Waals surface area contributed by atoms with Crippen LogP contribution in [-0.2, 0) is 0 Å². The van der Waals surface area contributed by atoms with Crippen LogP contribution in [0.3, 0.4) is 0 Å². The van der Waals surface area contributed by atoms with Gasteiger partial charge in [0.25, 0.3) is 0 Å². The number of hydrogen-bond donors (Lipinski definition) is 2. The molecule has 3 rings (SSSR count). The first-order valence-corrected chi connectivity index (χ1v) is 8.61. The summed E-state index contributed by atoms with van der Waals surface area (Å²) < 4.78 is 0. The average molecular weight is 319 g/mol. The van der Waals surface area contributed by atoms with Crippen molar-refractivity contribution < 1.29 is 5.11 Å². The van der Waals surface area contributed by atoms with Gasteiger partial charge in [0.2, 0.25) is 0 Å². The molecule has 0 fully saturated rings. The number of benzene rings is 3. The molecule has 1 unspecified atom stereocenters. The lowest BCUT2D eigenvalue weighted by Gasteiger charge is -2.18. The van der Waals surface area contributed by atoms with Gasteiger partial charge in [-0.15, -0.1) is 0 Å². The van der Waals surface area contributed by atoms with E-state index in [1.54, 1.807) is 0 Å². The van der Waals surface area contributed by atoms with Crippen LogP contribution < -0.4 is 5.32 Å². The Morgan fingerprint density at radius 3 is 2.54 bits per heavy atom. The normalized spacial score (nSPS) is 13.8.